The first-order chi connectivity index (χ1) is 5.12. The van der Waals surface area contributed by atoms with Gasteiger partial charge in [-0.1, -0.05) is 27.2 Å². The predicted octanol–water partition coefficient (Wildman–Crippen LogP) is 3.07. The van der Waals surface area contributed by atoms with Crippen LogP contribution in [0.5, 0.6) is 0 Å². The summed E-state index contributed by atoms with van der Waals surface area (Å²) in [6.07, 6.45) is 2.35. The monoisotopic (exact) mass is 178 g/mol. The van der Waals surface area contributed by atoms with E-state index in [2.05, 4.69) is 20.8 Å². The van der Waals surface area contributed by atoms with Crippen LogP contribution < -0.4 is 0 Å². The maximum Gasteiger partial charge on any atom is 0.0528 e. The minimum atomic E-state index is 0.134. The number of halogens is 1. The Morgan fingerprint density at radius 1 is 1.36 bits per heavy atom. The van der Waals surface area contributed by atoms with Crippen LogP contribution in [-0.2, 0) is 4.74 Å². The highest BCUT2D eigenvalue weighted by atomic mass is 35.5. The number of hydrogen-bond acceptors (Lipinski definition) is 1. The fourth-order valence-corrected chi connectivity index (χ4v) is 0.711. The molecule has 0 rings (SSSR count). The lowest BCUT2D eigenvalue weighted by Crippen LogP contribution is -2.21. The van der Waals surface area contributed by atoms with Crippen LogP contribution in [-0.4, -0.2) is 19.1 Å². The van der Waals surface area contributed by atoms with Gasteiger partial charge in [0.25, 0.3) is 0 Å². The quantitative estimate of drug-likeness (QED) is 0.449. The third-order valence-corrected chi connectivity index (χ3v) is 2.22. The van der Waals surface area contributed by atoms with E-state index in [1.54, 1.807) is 0 Å². The van der Waals surface area contributed by atoms with E-state index in [0.717, 1.165) is 19.6 Å². The number of alkyl halides is 1. The molecule has 0 aliphatic heterocycles. The summed E-state index contributed by atoms with van der Waals surface area (Å²) in [7, 11) is 0. The Hall–Kier alpha value is 0.250. The van der Waals surface area contributed by atoms with E-state index in [1.807, 2.05) is 0 Å². The van der Waals surface area contributed by atoms with Crippen LogP contribution in [0.15, 0.2) is 0 Å². The molecule has 0 aromatic carbocycles. The summed E-state index contributed by atoms with van der Waals surface area (Å²) in [5, 5.41) is 0. The van der Waals surface area contributed by atoms with Gasteiger partial charge in [0.15, 0.2) is 0 Å². The zero-order valence-corrected chi connectivity index (χ0v) is 8.58. The molecule has 0 aliphatic rings. The molecule has 68 valence electrons. The van der Waals surface area contributed by atoms with E-state index < -0.39 is 0 Å². The summed E-state index contributed by atoms with van der Waals surface area (Å²) in [5.41, 5.74) is 0.134. The van der Waals surface area contributed by atoms with Crippen LogP contribution in [0, 0.1) is 5.41 Å². The van der Waals surface area contributed by atoms with Crippen molar-refractivity contribution < 1.29 is 4.74 Å². The Labute approximate surface area is 75.1 Å². The molecule has 0 aromatic heterocycles. The molecule has 0 aromatic rings. The SMILES string of the molecule is CCCCOCC(C)(C)CCl. The molecule has 0 heterocycles. The maximum atomic E-state index is 5.73. The van der Waals surface area contributed by atoms with Crippen LogP contribution in [0.3, 0.4) is 0 Å². The van der Waals surface area contributed by atoms with Crippen molar-refractivity contribution in [3.8, 4) is 0 Å². The maximum absolute atomic E-state index is 5.73. The molecule has 0 radical (unpaired) electrons. The van der Waals surface area contributed by atoms with Gasteiger partial charge in [0, 0.05) is 17.9 Å². The van der Waals surface area contributed by atoms with E-state index in [0.29, 0.717) is 5.88 Å². The molecule has 0 saturated heterocycles. The topological polar surface area (TPSA) is 9.23 Å². The van der Waals surface area contributed by atoms with E-state index in [9.17, 15) is 0 Å². The van der Waals surface area contributed by atoms with Gasteiger partial charge in [-0.15, -0.1) is 11.6 Å². The Morgan fingerprint density at radius 2 is 2.00 bits per heavy atom. The van der Waals surface area contributed by atoms with Crippen LogP contribution in [0.2, 0.25) is 0 Å². The Morgan fingerprint density at radius 3 is 2.45 bits per heavy atom. The molecule has 0 aliphatic carbocycles. The normalized spacial score (nSPS) is 12.0. The number of hydrogen-bond donors (Lipinski definition) is 0. The zero-order valence-electron chi connectivity index (χ0n) is 7.82. The Kier molecular flexibility index (Phi) is 5.98. The highest BCUT2D eigenvalue weighted by Crippen LogP contribution is 2.16. The van der Waals surface area contributed by atoms with Crippen molar-refractivity contribution in [1.29, 1.82) is 0 Å². The number of unbranched alkanes of at least 4 members (excludes halogenated alkanes) is 1. The summed E-state index contributed by atoms with van der Waals surface area (Å²) in [5.74, 6) is 0.666. The van der Waals surface area contributed by atoms with E-state index >= 15 is 0 Å². The fraction of sp³-hybridized carbons (Fsp3) is 1.00. The standard InChI is InChI=1S/C9H19ClO/c1-4-5-6-11-8-9(2,3)7-10/h4-8H2,1-3H3. The molecule has 0 spiro atoms. The Balaban J connectivity index is 3.23. The van der Waals surface area contributed by atoms with E-state index in [4.69, 9.17) is 16.3 Å². The predicted molar refractivity (Wildman–Crippen MR) is 50.2 cm³/mol. The minimum Gasteiger partial charge on any atom is -0.381 e. The molecular formula is C9H19ClO. The molecule has 0 fully saturated rings. The van der Waals surface area contributed by atoms with Gasteiger partial charge in [-0.05, 0) is 6.42 Å². The lowest BCUT2D eigenvalue weighted by atomic mass is 9.98. The van der Waals surface area contributed by atoms with Crippen molar-refractivity contribution in [2.75, 3.05) is 19.1 Å². The van der Waals surface area contributed by atoms with Crippen molar-refractivity contribution in [1.82, 2.24) is 0 Å². The lowest BCUT2D eigenvalue weighted by molar-refractivity contribution is 0.0710. The molecule has 0 N–H and O–H groups in total. The van der Waals surface area contributed by atoms with Gasteiger partial charge in [0.2, 0.25) is 0 Å². The molecule has 0 bridgehead atoms. The van der Waals surface area contributed by atoms with Crippen molar-refractivity contribution in [2.45, 2.75) is 33.6 Å². The highest BCUT2D eigenvalue weighted by molar-refractivity contribution is 6.18. The molecule has 0 saturated carbocycles. The molecule has 1 nitrogen and oxygen atoms in total. The van der Waals surface area contributed by atoms with Gasteiger partial charge < -0.3 is 4.74 Å². The summed E-state index contributed by atoms with van der Waals surface area (Å²) >= 11 is 5.73. The summed E-state index contributed by atoms with van der Waals surface area (Å²) < 4.78 is 5.45. The average Bonchev–Trinajstić information content (AvgIpc) is 1.99. The van der Waals surface area contributed by atoms with Crippen molar-refractivity contribution in [2.24, 2.45) is 5.41 Å². The second kappa shape index (κ2) is 5.84. The first-order valence-corrected chi connectivity index (χ1v) is 4.79. The van der Waals surface area contributed by atoms with Crippen molar-refractivity contribution in [3.63, 3.8) is 0 Å². The van der Waals surface area contributed by atoms with Gasteiger partial charge in [-0.25, -0.2) is 0 Å². The van der Waals surface area contributed by atoms with Gasteiger partial charge in [0.05, 0.1) is 6.61 Å². The number of rotatable bonds is 6. The zero-order chi connectivity index (χ0) is 8.74. The molecule has 2 heteroatoms. The number of ether oxygens (including phenoxy) is 1. The van der Waals surface area contributed by atoms with Crippen LogP contribution in [0.25, 0.3) is 0 Å². The van der Waals surface area contributed by atoms with Gasteiger partial charge in [-0.2, -0.15) is 0 Å². The summed E-state index contributed by atoms with van der Waals surface area (Å²) in [6.45, 7) is 8.04. The van der Waals surface area contributed by atoms with Gasteiger partial charge in [0.1, 0.15) is 0 Å². The Bertz CT molecular complexity index is 91.6. The van der Waals surface area contributed by atoms with Crippen molar-refractivity contribution in [3.05, 3.63) is 0 Å². The van der Waals surface area contributed by atoms with Crippen LogP contribution in [0.1, 0.15) is 33.6 Å². The second-order valence-electron chi connectivity index (χ2n) is 3.70. The largest absolute Gasteiger partial charge is 0.381 e. The van der Waals surface area contributed by atoms with Gasteiger partial charge in [-0.3, -0.25) is 0 Å². The van der Waals surface area contributed by atoms with E-state index in [1.165, 1.54) is 6.42 Å². The molecule has 0 unspecified atom stereocenters. The first-order valence-electron chi connectivity index (χ1n) is 4.26. The van der Waals surface area contributed by atoms with Gasteiger partial charge >= 0.3 is 0 Å². The molecular weight excluding hydrogens is 160 g/mol. The third-order valence-electron chi connectivity index (χ3n) is 1.50. The smallest absolute Gasteiger partial charge is 0.0528 e. The summed E-state index contributed by atoms with van der Waals surface area (Å²) in [4.78, 5) is 0. The lowest BCUT2D eigenvalue weighted by Gasteiger charge is -2.20. The second-order valence-corrected chi connectivity index (χ2v) is 3.97. The van der Waals surface area contributed by atoms with Crippen LogP contribution >= 0.6 is 11.6 Å². The average molecular weight is 179 g/mol. The van der Waals surface area contributed by atoms with Crippen molar-refractivity contribution >= 4 is 11.6 Å². The van der Waals surface area contributed by atoms with E-state index in [-0.39, 0.29) is 5.41 Å². The van der Waals surface area contributed by atoms with Crippen LogP contribution in [0.4, 0.5) is 0 Å². The third kappa shape index (κ3) is 6.64. The summed E-state index contributed by atoms with van der Waals surface area (Å²) in [6, 6.07) is 0. The fourth-order valence-electron chi connectivity index (χ4n) is 0.633. The minimum absolute atomic E-state index is 0.134. The molecule has 11 heavy (non-hydrogen) atoms. The highest BCUT2D eigenvalue weighted by Gasteiger charge is 2.15. The first kappa shape index (κ1) is 11.2. The molecule has 0 atom stereocenters. The molecule has 0 amide bonds.